The van der Waals surface area contributed by atoms with Crippen LogP contribution in [0.3, 0.4) is 0 Å². The maximum absolute atomic E-state index is 10.7. The van der Waals surface area contributed by atoms with Gasteiger partial charge in [-0.3, -0.25) is 0 Å². The number of hydrogen-bond donors (Lipinski definition) is 1. The maximum atomic E-state index is 10.7. The standard InChI is InChI=1S/C17H24N2O/c20-13-11-18-19-12-10-14-6-4-5-9-16(14)17(19)15-7-2-1-3-8-15/h4-6,9,13,15,17-18H,1-3,7-8,10-12H2. The summed E-state index contributed by atoms with van der Waals surface area (Å²) < 4.78 is 0. The number of benzene rings is 1. The van der Waals surface area contributed by atoms with Gasteiger partial charge >= 0.3 is 0 Å². The molecule has 1 heterocycles. The van der Waals surface area contributed by atoms with E-state index in [2.05, 4.69) is 34.7 Å². The fourth-order valence-electron chi connectivity index (χ4n) is 3.89. The van der Waals surface area contributed by atoms with Crippen LogP contribution in [-0.4, -0.2) is 24.4 Å². The Hall–Kier alpha value is -1.19. The predicted molar refractivity (Wildman–Crippen MR) is 80.2 cm³/mol. The van der Waals surface area contributed by atoms with Gasteiger partial charge in [0.1, 0.15) is 6.29 Å². The van der Waals surface area contributed by atoms with Gasteiger partial charge in [-0.2, -0.15) is 0 Å². The zero-order chi connectivity index (χ0) is 13.8. The highest BCUT2D eigenvalue weighted by atomic mass is 16.1. The monoisotopic (exact) mass is 272 g/mol. The molecule has 0 spiro atoms. The van der Waals surface area contributed by atoms with Crippen molar-refractivity contribution < 1.29 is 4.79 Å². The van der Waals surface area contributed by atoms with Crippen molar-refractivity contribution >= 4 is 6.29 Å². The van der Waals surface area contributed by atoms with Gasteiger partial charge < -0.3 is 4.79 Å². The fourth-order valence-corrected chi connectivity index (χ4v) is 3.89. The van der Waals surface area contributed by atoms with Crippen molar-refractivity contribution in [2.24, 2.45) is 5.92 Å². The van der Waals surface area contributed by atoms with E-state index in [9.17, 15) is 4.79 Å². The van der Waals surface area contributed by atoms with Crippen LogP contribution in [0.5, 0.6) is 0 Å². The Morgan fingerprint density at radius 1 is 1.20 bits per heavy atom. The molecule has 0 bridgehead atoms. The second kappa shape index (κ2) is 6.51. The minimum Gasteiger partial charge on any atom is -0.302 e. The molecule has 1 aromatic rings. The Morgan fingerprint density at radius 3 is 2.80 bits per heavy atom. The summed E-state index contributed by atoms with van der Waals surface area (Å²) >= 11 is 0. The van der Waals surface area contributed by atoms with Crippen molar-refractivity contribution in [2.75, 3.05) is 13.1 Å². The van der Waals surface area contributed by atoms with Gasteiger partial charge in [-0.1, -0.05) is 43.5 Å². The SMILES string of the molecule is O=CCNN1CCc2ccccc2C1C1CCCCC1. The molecule has 1 fully saturated rings. The molecule has 1 aliphatic heterocycles. The molecular formula is C17H24N2O. The van der Waals surface area contributed by atoms with Gasteiger partial charge in [-0.05, 0) is 36.3 Å². The second-order valence-corrected chi connectivity index (χ2v) is 6.01. The summed E-state index contributed by atoms with van der Waals surface area (Å²) in [5.74, 6) is 0.726. The molecule has 3 heteroatoms. The van der Waals surface area contributed by atoms with Gasteiger partial charge in [0.2, 0.25) is 0 Å². The summed E-state index contributed by atoms with van der Waals surface area (Å²) in [6.07, 6.45) is 8.75. The molecular weight excluding hydrogens is 248 g/mol. The number of carbonyl (C=O) groups excluding carboxylic acids is 1. The lowest BCUT2D eigenvalue weighted by atomic mass is 9.78. The van der Waals surface area contributed by atoms with Gasteiger partial charge in [0.15, 0.2) is 0 Å². The maximum Gasteiger partial charge on any atom is 0.135 e. The molecule has 1 aromatic carbocycles. The normalized spacial score (nSPS) is 24.3. The number of fused-ring (bicyclic) bond motifs is 1. The molecule has 3 nitrogen and oxygen atoms in total. The van der Waals surface area contributed by atoms with Gasteiger partial charge in [-0.15, -0.1) is 0 Å². The number of rotatable bonds is 4. The largest absolute Gasteiger partial charge is 0.302 e. The van der Waals surface area contributed by atoms with Crippen molar-refractivity contribution in [3.63, 3.8) is 0 Å². The molecule has 0 saturated heterocycles. The van der Waals surface area contributed by atoms with Gasteiger partial charge in [0.25, 0.3) is 0 Å². The average Bonchev–Trinajstić information content (AvgIpc) is 2.53. The highest BCUT2D eigenvalue weighted by molar-refractivity contribution is 5.51. The van der Waals surface area contributed by atoms with Crippen LogP contribution in [0, 0.1) is 5.92 Å². The van der Waals surface area contributed by atoms with Crippen LogP contribution in [0.2, 0.25) is 0 Å². The molecule has 0 amide bonds. The highest BCUT2D eigenvalue weighted by Crippen LogP contribution is 2.40. The molecule has 1 aliphatic carbocycles. The Balaban J connectivity index is 1.87. The smallest absolute Gasteiger partial charge is 0.135 e. The zero-order valence-electron chi connectivity index (χ0n) is 12.1. The number of nitrogens with one attached hydrogen (secondary N) is 1. The molecule has 1 unspecified atom stereocenters. The molecule has 3 rings (SSSR count). The van der Waals surface area contributed by atoms with Crippen LogP contribution in [0.15, 0.2) is 24.3 Å². The molecule has 0 aromatic heterocycles. The molecule has 2 aliphatic rings. The van der Waals surface area contributed by atoms with E-state index in [1.165, 1.54) is 43.2 Å². The number of carbonyl (C=O) groups is 1. The van der Waals surface area contributed by atoms with Crippen molar-refractivity contribution in [2.45, 2.75) is 44.6 Å². The van der Waals surface area contributed by atoms with E-state index < -0.39 is 0 Å². The third-order valence-electron chi connectivity index (χ3n) is 4.81. The number of aldehydes is 1. The van der Waals surface area contributed by atoms with Crippen LogP contribution in [0.25, 0.3) is 0 Å². The van der Waals surface area contributed by atoms with Crippen molar-refractivity contribution in [1.29, 1.82) is 0 Å². The van der Waals surface area contributed by atoms with Crippen LogP contribution < -0.4 is 5.43 Å². The second-order valence-electron chi connectivity index (χ2n) is 6.01. The Labute approximate surface area is 121 Å². The predicted octanol–water partition coefficient (Wildman–Crippen LogP) is 2.87. The van der Waals surface area contributed by atoms with Crippen molar-refractivity contribution in [3.05, 3.63) is 35.4 Å². The van der Waals surface area contributed by atoms with Crippen molar-refractivity contribution in [1.82, 2.24) is 10.4 Å². The number of hydrazine groups is 1. The molecule has 20 heavy (non-hydrogen) atoms. The summed E-state index contributed by atoms with van der Waals surface area (Å²) in [4.78, 5) is 10.7. The number of nitrogens with zero attached hydrogens (tertiary/aromatic N) is 1. The summed E-state index contributed by atoms with van der Waals surface area (Å²) in [6.45, 7) is 1.43. The van der Waals surface area contributed by atoms with Crippen LogP contribution in [0.1, 0.15) is 49.3 Å². The lowest BCUT2D eigenvalue weighted by Gasteiger charge is -2.42. The summed E-state index contributed by atoms with van der Waals surface area (Å²) in [6, 6.07) is 9.29. The Kier molecular flexibility index (Phi) is 4.48. The first kappa shape index (κ1) is 13.8. The van der Waals surface area contributed by atoms with E-state index in [1.54, 1.807) is 0 Å². The molecule has 0 radical (unpaired) electrons. The lowest BCUT2D eigenvalue weighted by Crippen LogP contribution is -2.48. The quantitative estimate of drug-likeness (QED) is 0.855. The van der Waals surface area contributed by atoms with Gasteiger partial charge in [-0.25, -0.2) is 10.4 Å². The third-order valence-corrected chi connectivity index (χ3v) is 4.81. The van der Waals surface area contributed by atoms with E-state index in [0.29, 0.717) is 12.6 Å². The lowest BCUT2D eigenvalue weighted by molar-refractivity contribution is -0.108. The first-order chi connectivity index (χ1) is 9.90. The van der Waals surface area contributed by atoms with Gasteiger partial charge in [0, 0.05) is 6.54 Å². The minimum absolute atomic E-state index is 0.422. The molecule has 108 valence electrons. The minimum atomic E-state index is 0.422. The Bertz CT molecular complexity index is 454. The molecule has 1 N–H and O–H groups in total. The Morgan fingerprint density at radius 2 is 2.00 bits per heavy atom. The van der Waals surface area contributed by atoms with E-state index in [0.717, 1.165) is 25.2 Å². The number of hydrogen-bond acceptors (Lipinski definition) is 3. The van der Waals surface area contributed by atoms with Crippen LogP contribution in [-0.2, 0) is 11.2 Å². The third kappa shape index (κ3) is 2.79. The van der Waals surface area contributed by atoms with Gasteiger partial charge in [0.05, 0.1) is 12.6 Å². The van der Waals surface area contributed by atoms with E-state index in [-0.39, 0.29) is 0 Å². The van der Waals surface area contributed by atoms with E-state index in [4.69, 9.17) is 0 Å². The zero-order valence-corrected chi connectivity index (χ0v) is 12.1. The summed E-state index contributed by atoms with van der Waals surface area (Å²) in [5, 5.41) is 2.33. The van der Waals surface area contributed by atoms with Crippen LogP contribution >= 0.6 is 0 Å². The van der Waals surface area contributed by atoms with E-state index >= 15 is 0 Å². The first-order valence-corrected chi connectivity index (χ1v) is 7.91. The summed E-state index contributed by atoms with van der Waals surface area (Å²) in [5.41, 5.74) is 6.29. The van der Waals surface area contributed by atoms with E-state index in [1.807, 2.05) is 0 Å². The first-order valence-electron chi connectivity index (χ1n) is 7.91. The average molecular weight is 272 g/mol. The highest BCUT2D eigenvalue weighted by Gasteiger charge is 2.33. The fraction of sp³-hybridized carbons (Fsp3) is 0.588. The topological polar surface area (TPSA) is 32.3 Å². The summed E-state index contributed by atoms with van der Waals surface area (Å²) in [7, 11) is 0. The molecule has 1 atom stereocenters. The van der Waals surface area contributed by atoms with Crippen LogP contribution in [0.4, 0.5) is 0 Å². The molecule has 1 saturated carbocycles. The van der Waals surface area contributed by atoms with Crippen molar-refractivity contribution in [3.8, 4) is 0 Å².